The van der Waals surface area contributed by atoms with Gasteiger partial charge in [0, 0.05) is 12.1 Å². The van der Waals surface area contributed by atoms with Gasteiger partial charge >= 0.3 is 0 Å². The summed E-state index contributed by atoms with van der Waals surface area (Å²) in [5, 5.41) is 14.7. The van der Waals surface area contributed by atoms with E-state index in [-0.39, 0.29) is 0 Å². The van der Waals surface area contributed by atoms with Gasteiger partial charge in [0.1, 0.15) is 0 Å². The number of nitrogens with zero attached hydrogens (tertiary/aromatic N) is 5. The van der Waals surface area contributed by atoms with Crippen LogP contribution in [0.5, 0.6) is 0 Å². The van der Waals surface area contributed by atoms with E-state index in [1.165, 1.54) is 16.7 Å². The van der Waals surface area contributed by atoms with Crippen molar-refractivity contribution in [3.8, 4) is 6.19 Å². The van der Waals surface area contributed by atoms with E-state index in [0.717, 1.165) is 0 Å². The molecule has 0 unspecified atom stereocenters. The quantitative estimate of drug-likeness (QED) is 0.491. The van der Waals surface area contributed by atoms with Crippen LogP contribution in [0.15, 0.2) is 29.4 Å². The highest BCUT2D eigenvalue weighted by molar-refractivity contribution is 7.98. The maximum Gasteiger partial charge on any atom is 0.242 e. The molecule has 5 nitrogen and oxygen atoms in total. The smallest absolute Gasteiger partial charge is 0.233 e. The summed E-state index contributed by atoms with van der Waals surface area (Å²) < 4.78 is 1.57. The first-order chi connectivity index (χ1) is 8.65. The summed E-state index contributed by atoms with van der Waals surface area (Å²) in [5.41, 5.74) is 0.699. The van der Waals surface area contributed by atoms with Crippen molar-refractivity contribution in [3.63, 3.8) is 0 Å². The molecular weight excluding hydrogens is 270 g/mol. The van der Waals surface area contributed by atoms with Gasteiger partial charge in [-0.3, -0.25) is 0 Å². The molecule has 0 saturated heterocycles. The van der Waals surface area contributed by atoms with Gasteiger partial charge in [-0.1, -0.05) is 23.4 Å². The SMILES string of the molecule is CSc1nc(N(C#N)c2ccc(Cl)cc2)n(C)n1. The molecule has 1 aromatic carbocycles. The number of aryl methyl sites for hydroxylation is 1. The van der Waals surface area contributed by atoms with E-state index < -0.39 is 0 Å². The first kappa shape index (κ1) is 12.7. The lowest BCUT2D eigenvalue weighted by Crippen LogP contribution is -2.14. The highest BCUT2D eigenvalue weighted by atomic mass is 35.5. The summed E-state index contributed by atoms with van der Waals surface area (Å²) >= 11 is 7.25. The Morgan fingerprint density at radius 2 is 2.06 bits per heavy atom. The Morgan fingerprint density at radius 1 is 1.39 bits per heavy atom. The van der Waals surface area contributed by atoms with E-state index in [9.17, 15) is 5.26 Å². The first-order valence-corrected chi connectivity index (χ1v) is 6.66. The number of aromatic nitrogens is 3. The Morgan fingerprint density at radius 3 is 2.56 bits per heavy atom. The summed E-state index contributed by atoms with van der Waals surface area (Å²) in [6.45, 7) is 0. The molecule has 0 aliphatic rings. The summed E-state index contributed by atoms with van der Waals surface area (Å²) in [6, 6.07) is 6.98. The minimum absolute atomic E-state index is 0.476. The molecule has 1 heterocycles. The molecule has 18 heavy (non-hydrogen) atoms. The molecular formula is C11H10ClN5S. The van der Waals surface area contributed by atoms with Crippen LogP contribution in [0.2, 0.25) is 5.02 Å². The van der Waals surface area contributed by atoms with Gasteiger partial charge in [-0.25, -0.2) is 9.58 Å². The maximum atomic E-state index is 9.26. The van der Waals surface area contributed by atoms with Crippen LogP contribution in [0, 0.1) is 11.5 Å². The zero-order valence-electron chi connectivity index (χ0n) is 9.83. The molecule has 1 aromatic heterocycles. The fraction of sp³-hybridized carbons (Fsp3) is 0.182. The summed E-state index contributed by atoms with van der Waals surface area (Å²) in [4.78, 5) is 5.69. The molecule has 0 bridgehead atoms. The lowest BCUT2D eigenvalue weighted by atomic mass is 10.3. The van der Waals surface area contributed by atoms with Crippen molar-refractivity contribution in [1.29, 1.82) is 5.26 Å². The predicted octanol–water partition coefficient (Wildman–Crippen LogP) is 2.81. The molecule has 92 valence electrons. The third-order valence-electron chi connectivity index (χ3n) is 2.29. The number of hydrogen-bond acceptors (Lipinski definition) is 5. The second kappa shape index (κ2) is 5.29. The monoisotopic (exact) mass is 279 g/mol. The van der Waals surface area contributed by atoms with E-state index in [1.807, 2.05) is 6.26 Å². The van der Waals surface area contributed by atoms with E-state index in [4.69, 9.17) is 11.6 Å². The van der Waals surface area contributed by atoms with Gasteiger partial charge in [0.2, 0.25) is 11.1 Å². The lowest BCUT2D eigenvalue weighted by molar-refractivity contribution is 0.737. The number of thioether (sulfide) groups is 1. The average molecular weight is 280 g/mol. The van der Waals surface area contributed by atoms with Crippen molar-refractivity contribution < 1.29 is 0 Å². The highest BCUT2D eigenvalue weighted by Crippen LogP contribution is 2.25. The van der Waals surface area contributed by atoms with Crippen LogP contribution in [0.3, 0.4) is 0 Å². The number of nitriles is 1. The second-order valence-electron chi connectivity index (χ2n) is 3.43. The molecule has 0 saturated carbocycles. The fourth-order valence-electron chi connectivity index (χ4n) is 1.44. The number of halogens is 1. The molecule has 2 rings (SSSR count). The molecule has 0 N–H and O–H groups in total. The third kappa shape index (κ3) is 2.42. The Bertz CT molecular complexity index is 586. The molecule has 0 radical (unpaired) electrons. The zero-order chi connectivity index (χ0) is 13.1. The van der Waals surface area contributed by atoms with Gasteiger partial charge in [-0.2, -0.15) is 10.2 Å². The van der Waals surface area contributed by atoms with Crippen LogP contribution in [-0.4, -0.2) is 21.0 Å². The molecule has 0 atom stereocenters. The largest absolute Gasteiger partial charge is 0.242 e. The third-order valence-corrected chi connectivity index (χ3v) is 3.08. The van der Waals surface area contributed by atoms with Gasteiger partial charge in [0.05, 0.1) is 5.69 Å². The van der Waals surface area contributed by atoms with Crippen molar-refractivity contribution >= 4 is 35.0 Å². The first-order valence-electron chi connectivity index (χ1n) is 5.06. The summed E-state index contributed by atoms with van der Waals surface area (Å²) in [6.07, 6.45) is 3.98. The fourth-order valence-corrected chi connectivity index (χ4v) is 1.95. The molecule has 7 heteroatoms. The van der Waals surface area contributed by atoms with E-state index in [2.05, 4.69) is 16.3 Å². The predicted molar refractivity (Wildman–Crippen MR) is 72.0 cm³/mol. The molecule has 0 aliphatic carbocycles. The number of hydrogen-bond donors (Lipinski definition) is 0. The van der Waals surface area contributed by atoms with Gasteiger partial charge < -0.3 is 0 Å². The highest BCUT2D eigenvalue weighted by Gasteiger charge is 2.16. The Hall–Kier alpha value is -1.71. The van der Waals surface area contributed by atoms with Crippen LogP contribution in [-0.2, 0) is 7.05 Å². The van der Waals surface area contributed by atoms with Gasteiger partial charge in [-0.05, 0) is 30.5 Å². The van der Waals surface area contributed by atoms with Crippen LogP contribution < -0.4 is 4.90 Å². The van der Waals surface area contributed by atoms with Gasteiger partial charge in [-0.15, -0.1) is 5.10 Å². The standard InChI is InChI=1S/C11H10ClN5S/c1-16-11(14-10(15-16)18-2)17(7-13)9-5-3-8(12)4-6-9/h3-6H,1-2H3. The average Bonchev–Trinajstić information content (AvgIpc) is 2.74. The molecule has 0 spiro atoms. The van der Waals surface area contributed by atoms with Crippen LogP contribution >= 0.6 is 23.4 Å². The Balaban J connectivity index is 2.42. The zero-order valence-corrected chi connectivity index (χ0v) is 11.4. The van der Waals surface area contributed by atoms with Crippen molar-refractivity contribution in [2.45, 2.75) is 5.16 Å². The van der Waals surface area contributed by atoms with Crippen LogP contribution in [0.25, 0.3) is 0 Å². The van der Waals surface area contributed by atoms with E-state index >= 15 is 0 Å². The van der Waals surface area contributed by atoms with Crippen molar-refractivity contribution in [2.75, 3.05) is 11.2 Å². The topological polar surface area (TPSA) is 57.7 Å². The van der Waals surface area contributed by atoms with Crippen molar-refractivity contribution in [2.24, 2.45) is 7.05 Å². The van der Waals surface area contributed by atoms with E-state index in [0.29, 0.717) is 21.8 Å². The lowest BCUT2D eigenvalue weighted by Gasteiger charge is -2.13. The minimum Gasteiger partial charge on any atom is -0.233 e. The Labute approximate surface area is 114 Å². The Kier molecular flexibility index (Phi) is 3.75. The number of anilines is 2. The maximum absolute atomic E-state index is 9.26. The van der Waals surface area contributed by atoms with Crippen molar-refractivity contribution in [1.82, 2.24) is 14.8 Å². The second-order valence-corrected chi connectivity index (χ2v) is 4.64. The number of rotatable bonds is 3. The normalized spacial score (nSPS) is 10.1. The number of benzene rings is 1. The van der Waals surface area contributed by atoms with Crippen LogP contribution in [0.4, 0.5) is 11.6 Å². The minimum atomic E-state index is 0.476. The van der Waals surface area contributed by atoms with Crippen LogP contribution in [0.1, 0.15) is 0 Å². The molecule has 0 amide bonds. The molecule has 2 aromatic rings. The van der Waals surface area contributed by atoms with E-state index in [1.54, 1.807) is 36.0 Å². The summed E-state index contributed by atoms with van der Waals surface area (Å²) in [7, 11) is 1.75. The van der Waals surface area contributed by atoms with Crippen molar-refractivity contribution in [3.05, 3.63) is 29.3 Å². The van der Waals surface area contributed by atoms with Gasteiger partial charge in [0.25, 0.3) is 0 Å². The van der Waals surface area contributed by atoms with Gasteiger partial charge in [0.15, 0.2) is 6.19 Å². The molecule has 0 aliphatic heterocycles. The summed E-state index contributed by atoms with van der Waals surface area (Å²) in [5.74, 6) is 0.476. The molecule has 0 fully saturated rings.